The molecule has 0 heterocycles. The molecular weight excluding hydrogens is 192 g/mol. The molecule has 0 bridgehead atoms. The van der Waals surface area contributed by atoms with E-state index in [0.29, 0.717) is 6.42 Å². The summed E-state index contributed by atoms with van der Waals surface area (Å²) in [7, 11) is 0. The maximum absolute atomic E-state index is 10.2. The van der Waals surface area contributed by atoms with E-state index in [-0.39, 0.29) is 0 Å². The quantitative estimate of drug-likeness (QED) is 0.741. The molecule has 15 heavy (non-hydrogen) atoms. The Bertz CT molecular complexity index is 352. The second-order valence-corrected chi connectivity index (χ2v) is 3.40. The van der Waals surface area contributed by atoms with E-state index in [1.807, 2.05) is 31.2 Å². The van der Waals surface area contributed by atoms with Crippen molar-refractivity contribution in [2.75, 3.05) is 0 Å². The lowest BCUT2D eigenvalue weighted by Gasteiger charge is -2.07. The van der Waals surface area contributed by atoms with E-state index in [1.54, 1.807) is 0 Å². The van der Waals surface area contributed by atoms with Crippen LogP contribution in [0.1, 0.15) is 23.7 Å². The Labute approximate surface area is 88.7 Å². The van der Waals surface area contributed by atoms with Crippen molar-refractivity contribution in [2.24, 2.45) is 0 Å². The van der Waals surface area contributed by atoms with Crippen LogP contribution >= 0.6 is 0 Å². The number of aliphatic carboxylic acids is 1. The van der Waals surface area contributed by atoms with Gasteiger partial charge in [0.15, 0.2) is 0 Å². The molecule has 0 radical (unpaired) electrons. The highest BCUT2D eigenvalue weighted by molar-refractivity contribution is 5.79. The normalized spacial score (nSPS) is 12.9. The first-order chi connectivity index (χ1) is 7.09. The summed E-state index contributed by atoms with van der Waals surface area (Å²) in [6.07, 6.45) is 2.17. The third-order valence-corrected chi connectivity index (χ3v) is 2.08. The summed E-state index contributed by atoms with van der Waals surface area (Å²) >= 11 is 0. The molecule has 0 aliphatic carbocycles. The van der Waals surface area contributed by atoms with Crippen LogP contribution in [0.5, 0.6) is 0 Å². The van der Waals surface area contributed by atoms with Gasteiger partial charge in [0.05, 0.1) is 6.10 Å². The van der Waals surface area contributed by atoms with Crippen LogP contribution < -0.4 is 0 Å². The second kappa shape index (κ2) is 5.32. The summed E-state index contributed by atoms with van der Waals surface area (Å²) in [5.41, 5.74) is 1.93. The van der Waals surface area contributed by atoms with Gasteiger partial charge in [-0.05, 0) is 18.9 Å². The standard InChI is InChI=1S/C12H14O3/c1-9-5-7-10(8-6-9)11(13)3-2-4-12(14)15/h2,4-8,11,13H,3H2,1H3,(H,14,15)/b4-2+. The van der Waals surface area contributed by atoms with E-state index >= 15 is 0 Å². The zero-order valence-corrected chi connectivity index (χ0v) is 8.55. The van der Waals surface area contributed by atoms with Gasteiger partial charge in [-0.3, -0.25) is 0 Å². The minimum Gasteiger partial charge on any atom is -0.478 e. The largest absolute Gasteiger partial charge is 0.478 e. The van der Waals surface area contributed by atoms with Gasteiger partial charge in [-0.1, -0.05) is 35.9 Å². The fraction of sp³-hybridized carbons (Fsp3) is 0.250. The molecule has 2 N–H and O–H groups in total. The second-order valence-electron chi connectivity index (χ2n) is 3.40. The lowest BCUT2D eigenvalue weighted by molar-refractivity contribution is -0.131. The highest BCUT2D eigenvalue weighted by Crippen LogP contribution is 2.17. The Morgan fingerprint density at radius 1 is 1.40 bits per heavy atom. The average molecular weight is 206 g/mol. The number of hydrogen-bond acceptors (Lipinski definition) is 2. The number of hydrogen-bond donors (Lipinski definition) is 2. The maximum Gasteiger partial charge on any atom is 0.327 e. The van der Waals surface area contributed by atoms with Gasteiger partial charge in [-0.25, -0.2) is 4.79 Å². The zero-order chi connectivity index (χ0) is 11.3. The van der Waals surface area contributed by atoms with E-state index in [4.69, 9.17) is 5.11 Å². The topological polar surface area (TPSA) is 57.5 Å². The minimum absolute atomic E-state index is 0.315. The Morgan fingerprint density at radius 3 is 2.53 bits per heavy atom. The highest BCUT2D eigenvalue weighted by atomic mass is 16.4. The smallest absolute Gasteiger partial charge is 0.327 e. The lowest BCUT2D eigenvalue weighted by Crippen LogP contribution is -1.96. The van der Waals surface area contributed by atoms with Crippen molar-refractivity contribution in [3.63, 3.8) is 0 Å². The first kappa shape index (κ1) is 11.5. The van der Waals surface area contributed by atoms with Crippen molar-refractivity contribution >= 4 is 5.97 Å². The van der Waals surface area contributed by atoms with Gasteiger partial charge in [-0.15, -0.1) is 0 Å². The third-order valence-electron chi connectivity index (χ3n) is 2.08. The number of carbonyl (C=O) groups is 1. The van der Waals surface area contributed by atoms with Crippen molar-refractivity contribution in [3.8, 4) is 0 Å². The van der Waals surface area contributed by atoms with Crippen molar-refractivity contribution < 1.29 is 15.0 Å². The van der Waals surface area contributed by atoms with Gasteiger partial charge < -0.3 is 10.2 Å². The summed E-state index contributed by atoms with van der Waals surface area (Å²) in [4.78, 5) is 10.2. The molecule has 3 heteroatoms. The van der Waals surface area contributed by atoms with E-state index in [0.717, 1.165) is 17.2 Å². The van der Waals surface area contributed by atoms with Crippen LogP contribution in [0.2, 0.25) is 0 Å². The van der Waals surface area contributed by atoms with Crippen LogP contribution in [-0.4, -0.2) is 16.2 Å². The molecule has 80 valence electrons. The van der Waals surface area contributed by atoms with Crippen molar-refractivity contribution in [1.82, 2.24) is 0 Å². The van der Waals surface area contributed by atoms with Crippen LogP contribution in [0.4, 0.5) is 0 Å². The molecule has 1 aromatic rings. The molecule has 0 aliphatic rings. The first-order valence-corrected chi connectivity index (χ1v) is 4.73. The molecule has 0 aliphatic heterocycles. The first-order valence-electron chi connectivity index (χ1n) is 4.73. The molecule has 0 saturated carbocycles. The minimum atomic E-state index is -0.994. The average Bonchev–Trinajstić information content (AvgIpc) is 2.18. The zero-order valence-electron chi connectivity index (χ0n) is 8.55. The van der Waals surface area contributed by atoms with Crippen LogP contribution in [0.15, 0.2) is 36.4 Å². The van der Waals surface area contributed by atoms with Gasteiger partial charge in [0, 0.05) is 6.08 Å². The van der Waals surface area contributed by atoms with Crippen LogP contribution in [-0.2, 0) is 4.79 Å². The molecule has 0 amide bonds. The fourth-order valence-electron chi connectivity index (χ4n) is 1.22. The summed E-state index contributed by atoms with van der Waals surface area (Å²) < 4.78 is 0. The van der Waals surface area contributed by atoms with Gasteiger partial charge in [0.25, 0.3) is 0 Å². The van der Waals surface area contributed by atoms with Crippen molar-refractivity contribution in [3.05, 3.63) is 47.5 Å². The number of carboxylic acid groups (broad SMARTS) is 1. The summed E-state index contributed by atoms with van der Waals surface area (Å²) in [6.45, 7) is 1.97. The Kier molecular flexibility index (Phi) is 4.06. The number of carboxylic acids is 1. The molecule has 0 spiro atoms. The summed E-state index contributed by atoms with van der Waals surface area (Å²) in [6, 6.07) is 7.52. The third kappa shape index (κ3) is 3.95. The van der Waals surface area contributed by atoms with E-state index in [2.05, 4.69) is 0 Å². The Hall–Kier alpha value is -1.61. The molecular formula is C12H14O3. The fourth-order valence-corrected chi connectivity index (χ4v) is 1.22. The van der Waals surface area contributed by atoms with Gasteiger partial charge in [0.1, 0.15) is 0 Å². The molecule has 1 unspecified atom stereocenters. The predicted molar refractivity (Wildman–Crippen MR) is 57.5 cm³/mol. The predicted octanol–water partition coefficient (Wildman–Crippen LogP) is 2.06. The monoisotopic (exact) mass is 206 g/mol. The molecule has 1 aromatic carbocycles. The van der Waals surface area contributed by atoms with Crippen molar-refractivity contribution in [2.45, 2.75) is 19.4 Å². The Morgan fingerprint density at radius 2 is 2.00 bits per heavy atom. The molecule has 0 saturated heterocycles. The number of aliphatic hydroxyl groups excluding tert-OH is 1. The van der Waals surface area contributed by atoms with Gasteiger partial charge >= 0.3 is 5.97 Å². The summed E-state index contributed by atoms with van der Waals surface area (Å²) in [5.74, 6) is -0.994. The Balaban J connectivity index is 2.57. The molecule has 1 rings (SSSR count). The van der Waals surface area contributed by atoms with Gasteiger partial charge in [-0.2, -0.15) is 0 Å². The van der Waals surface area contributed by atoms with Gasteiger partial charge in [0.2, 0.25) is 0 Å². The lowest BCUT2D eigenvalue weighted by atomic mass is 10.0. The molecule has 0 aromatic heterocycles. The van der Waals surface area contributed by atoms with Crippen LogP contribution in [0, 0.1) is 6.92 Å². The number of rotatable bonds is 4. The molecule has 1 atom stereocenters. The number of aliphatic hydroxyl groups is 1. The number of aryl methyl sites for hydroxylation is 1. The molecule has 0 fully saturated rings. The SMILES string of the molecule is Cc1ccc(C(O)C/C=C/C(=O)O)cc1. The summed E-state index contributed by atoms with van der Waals surface area (Å²) in [5, 5.41) is 18.0. The van der Waals surface area contributed by atoms with Crippen molar-refractivity contribution in [1.29, 1.82) is 0 Å². The van der Waals surface area contributed by atoms with E-state index < -0.39 is 12.1 Å². The highest BCUT2D eigenvalue weighted by Gasteiger charge is 2.04. The number of benzene rings is 1. The van der Waals surface area contributed by atoms with E-state index in [9.17, 15) is 9.90 Å². The molecule has 3 nitrogen and oxygen atoms in total. The van der Waals surface area contributed by atoms with Crippen LogP contribution in [0.3, 0.4) is 0 Å². The van der Waals surface area contributed by atoms with Crippen LogP contribution in [0.25, 0.3) is 0 Å². The van der Waals surface area contributed by atoms with E-state index in [1.165, 1.54) is 6.08 Å². The maximum atomic E-state index is 10.2.